The summed E-state index contributed by atoms with van der Waals surface area (Å²) in [6, 6.07) is 0. The maximum absolute atomic E-state index is 12.9. The van der Waals surface area contributed by atoms with E-state index >= 15 is 0 Å². The molecule has 0 aliphatic rings. The van der Waals surface area contributed by atoms with Gasteiger partial charge in [-0.15, -0.1) is 0 Å². The van der Waals surface area contributed by atoms with Crippen LogP contribution in [-0.2, 0) is 28.6 Å². The lowest BCUT2D eigenvalue weighted by atomic mass is 10.0. The van der Waals surface area contributed by atoms with Gasteiger partial charge in [0, 0.05) is 19.3 Å². The van der Waals surface area contributed by atoms with Crippen molar-refractivity contribution in [3.05, 3.63) is 85.1 Å². The lowest BCUT2D eigenvalue weighted by Crippen LogP contribution is -2.30. The number of carbonyl (C=O) groups is 3. The molecule has 0 radical (unpaired) electrons. The van der Waals surface area contributed by atoms with E-state index in [-0.39, 0.29) is 31.1 Å². The highest BCUT2D eigenvalue weighted by Crippen LogP contribution is 2.16. The van der Waals surface area contributed by atoms with Gasteiger partial charge in [-0.2, -0.15) is 0 Å². The van der Waals surface area contributed by atoms with E-state index in [0.29, 0.717) is 19.3 Å². The van der Waals surface area contributed by atoms with Gasteiger partial charge in [0.25, 0.3) is 0 Å². The maximum atomic E-state index is 12.9. The molecule has 6 heteroatoms. The summed E-state index contributed by atoms with van der Waals surface area (Å²) in [5.41, 5.74) is 0. The molecule has 438 valence electrons. The van der Waals surface area contributed by atoms with Crippen molar-refractivity contribution in [1.82, 2.24) is 0 Å². The number of unbranched alkanes of at least 4 members (excludes halogenated alkanes) is 34. The third-order valence-electron chi connectivity index (χ3n) is 14.1. The number of allylic oxidation sites excluding steroid dienone is 14. The van der Waals surface area contributed by atoms with E-state index in [1.807, 2.05) is 0 Å². The number of hydrogen-bond acceptors (Lipinski definition) is 6. The van der Waals surface area contributed by atoms with E-state index in [4.69, 9.17) is 14.2 Å². The molecular weight excluding hydrogens is 937 g/mol. The number of rotatable bonds is 59. The molecule has 0 bridgehead atoms. The summed E-state index contributed by atoms with van der Waals surface area (Å²) in [5.74, 6) is -0.926. The first kappa shape index (κ1) is 72.6. The Morgan fingerprint density at radius 1 is 0.276 bits per heavy atom. The molecule has 0 aromatic carbocycles. The van der Waals surface area contributed by atoms with Crippen LogP contribution in [0.15, 0.2) is 85.1 Å². The normalized spacial score (nSPS) is 12.6. The monoisotopic (exact) mass is 1060 g/mol. The Labute approximate surface area is 471 Å². The van der Waals surface area contributed by atoms with Gasteiger partial charge in [-0.25, -0.2) is 0 Å². The molecule has 0 heterocycles. The standard InChI is InChI=1S/C70H122O6/c1-4-7-10-13-16-19-22-25-28-30-32-33-34-35-36-37-38-40-42-45-48-51-54-57-60-63-69(72)75-66-67(65-74-68(71)62-59-56-53-50-47-44-41-27-24-21-18-15-12-9-6-3)76-70(73)64-61-58-55-52-49-46-43-39-31-29-26-23-20-17-14-11-8-5-2/h9,12,18,21-22,25,27,29-32,41,47,50,67H,4-8,10-11,13-17,19-20,23-24,26,28,33-40,42-46,48-49,51-66H2,1-3H3/b12-9-,21-18-,25-22-,31-29-,32-30-,41-27-,50-47-. The zero-order valence-electron chi connectivity index (χ0n) is 50.3. The highest BCUT2D eigenvalue weighted by Gasteiger charge is 2.19. The highest BCUT2D eigenvalue weighted by atomic mass is 16.6. The summed E-state index contributed by atoms with van der Waals surface area (Å²) < 4.78 is 16.9. The quantitative estimate of drug-likeness (QED) is 0.0261. The van der Waals surface area contributed by atoms with Gasteiger partial charge in [-0.3, -0.25) is 14.4 Å². The topological polar surface area (TPSA) is 78.9 Å². The van der Waals surface area contributed by atoms with Crippen LogP contribution in [0.1, 0.15) is 323 Å². The number of carbonyl (C=O) groups excluding carboxylic acids is 3. The molecule has 0 fully saturated rings. The Kier molecular flexibility index (Phi) is 61.2. The van der Waals surface area contributed by atoms with E-state index in [1.54, 1.807) is 0 Å². The van der Waals surface area contributed by atoms with Crippen molar-refractivity contribution in [2.75, 3.05) is 13.2 Å². The van der Waals surface area contributed by atoms with E-state index in [0.717, 1.165) is 89.9 Å². The van der Waals surface area contributed by atoms with E-state index in [2.05, 4.69) is 106 Å². The maximum Gasteiger partial charge on any atom is 0.306 e. The van der Waals surface area contributed by atoms with Crippen LogP contribution in [0.4, 0.5) is 0 Å². The Bertz CT molecular complexity index is 1450. The van der Waals surface area contributed by atoms with Crippen LogP contribution in [0.2, 0.25) is 0 Å². The zero-order chi connectivity index (χ0) is 55.0. The molecule has 0 saturated carbocycles. The molecule has 0 saturated heterocycles. The van der Waals surface area contributed by atoms with Gasteiger partial charge >= 0.3 is 17.9 Å². The van der Waals surface area contributed by atoms with Crippen LogP contribution in [0.25, 0.3) is 0 Å². The van der Waals surface area contributed by atoms with Gasteiger partial charge in [0.1, 0.15) is 13.2 Å². The third-order valence-corrected chi connectivity index (χ3v) is 14.1. The predicted molar refractivity (Wildman–Crippen MR) is 330 cm³/mol. The van der Waals surface area contributed by atoms with E-state index < -0.39 is 6.10 Å². The average Bonchev–Trinajstić information content (AvgIpc) is 3.42. The first-order valence-corrected chi connectivity index (χ1v) is 32.6. The molecule has 0 rings (SSSR count). The first-order chi connectivity index (χ1) is 37.5. The van der Waals surface area contributed by atoms with Crippen molar-refractivity contribution in [3.8, 4) is 0 Å². The smallest absolute Gasteiger partial charge is 0.306 e. The van der Waals surface area contributed by atoms with E-state index in [1.165, 1.54) is 193 Å². The Morgan fingerprint density at radius 2 is 0.513 bits per heavy atom. The third kappa shape index (κ3) is 61.4. The van der Waals surface area contributed by atoms with Crippen LogP contribution in [-0.4, -0.2) is 37.2 Å². The van der Waals surface area contributed by atoms with Crippen molar-refractivity contribution in [2.45, 2.75) is 329 Å². The fraction of sp³-hybridized carbons (Fsp3) is 0.757. The van der Waals surface area contributed by atoms with Gasteiger partial charge in [0.05, 0.1) is 0 Å². The van der Waals surface area contributed by atoms with Gasteiger partial charge in [-0.05, 0) is 116 Å². The summed E-state index contributed by atoms with van der Waals surface area (Å²) in [7, 11) is 0. The Balaban J connectivity index is 4.35. The largest absolute Gasteiger partial charge is 0.462 e. The number of esters is 3. The van der Waals surface area contributed by atoms with Crippen LogP contribution < -0.4 is 0 Å². The molecule has 0 aromatic heterocycles. The zero-order valence-corrected chi connectivity index (χ0v) is 50.3. The van der Waals surface area contributed by atoms with Crippen molar-refractivity contribution in [2.24, 2.45) is 0 Å². The fourth-order valence-electron chi connectivity index (χ4n) is 9.23. The van der Waals surface area contributed by atoms with E-state index in [9.17, 15) is 14.4 Å². The van der Waals surface area contributed by atoms with Crippen molar-refractivity contribution >= 4 is 17.9 Å². The minimum absolute atomic E-state index is 0.0905. The molecule has 0 amide bonds. The molecule has 0 aliphatic carbocycles. The summed E-state index contributed by atoms with van der Waals surface area (Å²) in [5, 5.41) is 0. The fourth-order valence-corrected chi connectivity index (χ4v) is 9.23. The lowest BCUT2D eigenvalue weighted by molar-refractivity contribution is -0.167. The SMILES string of the molecule is CC/C=C\C/C=C\C/C=C\C/C=C\CCCCC(=O)OCC(COC(=O)CCCCCCCCCCCCCCC/C=C\C/C=C\CCCCCCC)OC(=O)CCCCCCCCC/C=C\CCCCCCCCC. The van der Waals surface area contributed by atoms with Crippen LogP contribution in [0.3, 0.4) is 0 Å². The van der Waals surface area contributed by atoms with Crippen LogP contribution in [0.5, 0.6) is 0 Å². The lowest BCUT2D eigenvalue weighted by Gasteiger charge is -2.18. The predicted octanol–water partition coefficient (Wildman–Crippen LogP) is 22.3. The van der Waals surface area contributed by atoms with Crippen molar-refractivity contribution in [1.29, 1.82) is 0 Å². The van der Waals surface area contributed by atoms with Gasteiger partial charge in [0.15, 0.2) is 6.10 Å². The molecular formula is C70H122O6. The summed E-state index contributed by atoms with van der Waals surface area (Å²) in [4.78, 5) is 38.3. The van der Waals surface area contributed by atoms with Crippen molar-refractivity contribution in [3.63, 3.8) is 0 Å². The number of hydrogen-bond donors (Lipinski definition) is 0. The minimum atomic E-state index is -0.797. The Morgan fingerprint density at radius 3 is 0.842 bits per heavy atom. The van der Waals surface area contributed by atoms with Gasteiger partial charge in [-0.1, -0.05) is 273 Å². The highest BCUT2D eigenvalue weighted by molar-refractivity contribution is 5.71. The first-order valence-electron chi connectivity index (χ1n) is 32.6. The summed E-state index contributed by atoms with van der Waals surface area (Å²) >= 11 is 0. The average molecular weight is 1060 g/mol. The minimum Gasteiger partial charge on any atom is -0.462 e. The van der Waals surface area contributed by atoms with Gasteiger partial charge in [0.2, 0.25) is 0 Å². The molecule has 0 N–H and O–H groups in total. The van der Waals surface area contributed by atoms with Gasteiger partial charge < -0.3 is 14.2 Å². The molecule has 0 aliphatic heterocycles. The molecule has 6 nitrogen and oxygen atoms in total. The molecule has 0 aromatic rings. The second-order valence-electron chi connectivity index (χ2n) is 21.6. The molecule has 0 spiro atoms. The van der Waals surface area contributed by atoms with Crippen LogP contribution in [0, 0.1) is 0 Å². The summed E-state index contributed by atoms with van der Waals surface area (Å²) in [6.45, 7) is 6.51. The second-order valence-corrected chi connectivity index (χ2v) is 21.6. The van der Waals surface area contributed by atoms with Crippen molar-refractivity contribution < 1.29 is 28.6 Å². The van der Waals surface area contributed by atoms with Crippen LogP contribution >= 0.6 is 0 Å². The number of ether oxygens (including phenoxy) is 3. The summed E-state index contributed by atoms with van der Waals surface area (Å²) in [6.07, 6.45) is 84.5. The Hall–Kier alpha value is -3.41. The molecule has 76 heavy (non-hydrogen) atoms. The molecule has 1 atom stereocenters. The second kappa shape index (κ2) is 64.1. The molecule has 1 unspecified atom stereocenters.